The van der Waals surface area contributed by atoms with Crippen LogP contribution < -0.4 is 0 Å². The summed E-state index contributed by atoms with van der Waals surface area (Å²) in [5, 5.41) is 0. The number of esters is 1. The topological polar surface area (TPSA) is 85.5 Å². The van der Waals surface area contributed by atoms with Crippen LogP contribution in [0, 0.1) is 0 Å². The first-order valence-electron chi connectivity index (χ1n) is 9.53. The van der Waals surface area contributed by atoms with E-state index in [0.717, 1.165) is 24.4 Å². The quantitative estimate of drug-likeness (QED) is 0.524. The molecule has 1 unspecified atom stereocenters. The minimum atomic E-state index is -0.797. The van der Waals surface area contributed by atoms with E-state index in [4.69, 9.17) is 4.74 Å². The largest absolute Gasteiger partial charge is 0.466 e. The zero-order valence-electron chi connectivity index (χ0n) is 16.8. The molecule has 0 aliphatic carbocycles. The van der Waals surface area contributed by atoms with Crippen molar-refractivity contribution in [3.8, 4) is 0 Å². The van der Waals surface area contributed by atoms with E-state index in [0.29, 0.717) is 18.2 Å². The van der Waals surface area contributed by atoms with Gasteiger partial charge in [-0.15, -0.1) is 0 Å². The van der Waals surface area contributed by atoms with Crippen molar-refractivity contribution in [1.29, 1.82) is 0 Å². The number of benzene rings is 1. The Labute approximate surface area is 168 Å². The molecule has 0 bridgehead atoms. The van der Waals surface area contributed by atoms with Crippen molar-refractivity contribution in [3.63, 3.8) is 0 Å². The fraction of sp³-hybridized carbons (Fsp3) is 0.450. The predicted octanol–water partition coefficient (Wildman–Crippen LogP) is -0.0668. The molecule has 0 spiro atoms. The lowest BCUT2D eigenvalue weighted by Gasteiger charge is -2.30. The molecular weight excluding hydrogens is 374 g/mol. The molecule has 1 saturated heterocycles. The number of imide groups is 1. The van der Waals surface area contributed by atoms with Gasteiger partial charge in [0, 0.05) is 27.2 Å². The Morgan fingerprint density at radius 3 is 2.66 bits per heavy atom. The maximum absolute atomic E-state index is 12.8. The van der Waals surface area contributed by atoms with Crippen molar-refractivity contribution in [2.75, 3.05) is 40.8 Å². The molecule has 3 heterocycles. The molecule has 1 fully saturated rings. The van der Waals surface area contributed by atoms with Crippen LogP contribution in [-0.4, -0.2) is 95.7 Å². The fourth-order valence-electron chi connectivity index (χ4n) is 4.05. The molecule has 0 aromatic heterocycles. The number of methoxy groups -OCH3 is 1. The zero-order chi connectivity index (χ0) is 20.7. The van der Waals surface area contributed by atoms with Gasteiger partial charge in [0.15, 0.2) is 6.54 Å². The number of aliphatic imine (C=N–C) groups is 1. The number of hydrogen-bond acceptors (Lipinski definition) is 6. The average molecular weight is 398 g/mol. The van der Waals surface area contributed by atoms with Gasteiger partial charge in [-0.2, -0.15) is 0 Å². The highest BCUT2D eigenvalue weighted by atomic mass is 16.5. The number of carbonyl (C=O) groups excluding carboxylic acids is 3. The van der Waals surface area contributed by atoms with Crippen LogP contribution in [0.15, 0.2) is 29.3 Å². The fourth-order valence-corrected chi connectivity index (χ4v) is 4.05. The van der Waals surface area contributed by atoms with Crippen LogP contribution in [0.25, 0.3) is 0 Å². The first-order chi connectivity index (χ1) is 13.9. The van der Waals surface area contributed by atoms with Crippen LogP contribution in [0.4, 0.5) is 4.79 Å². The molecule has 29 heavy (non-hydrogen) atoms. The molecule has 1 atom stereocenters. The lowest BCUT2D eigenvalue weighted by molar-refractivity contribution is -0.527. The molecule has 3 aliphatic heterocycles. The van der Waals surface area contributed by atoms with Crippen molar-refractivity contribution in [3.05, 3.63) is 35.4 Å². The second-order valence-electron chi connectivity index (χ2n) is 7.46. The summed E-state index contributed by atoms with van der Waals surface area (Å²) >= 11 is 0. The molecule has 1 aromatic carbocycles. The zero-order valence-corrected chi connectivity index (χ0v) is 16.8. The normalized spacial score (nSPS) is 21.9. The van der Waals surface area contributed by atoms with Gasteiger partial charge in [0.2, 0.25) is 0 Å². The second-order valence-corrected chi connectivity index (χ2v) is 7.46. The minimum absolute atomic E-state index is 0.102. The molecule has 3 aliphatic rings. The van der Waals surface area contributed by atoms with E-state index < -0.39 is 23.9 Å². The standard InChI is InChI=1S/C20H24N5O4/c1-22-18-17(19(27)23(2)20(22)28)25(12-16(26)29-3)15(21-18)11-24-9-8-13-6-4-5-7-14(13)10-24/h4-7,17H,8-12H2,1-3H3/q+1. The van der Waals surface area contributed by atoms with Gasteiger partial charge in [0.25, 0.3) is 17.8 Å². The molecule has 3 amide bonds. The number of amidine groups is 2. The molecule has 0 saturated carbocycles. The van der Waals surface area contributed by atoms with Crippen molar-refractivity contribution in [1.82, 2.24) is 14.7 Å². The van der Waals surface area contributed by atoms with Crippen molar-refractivity contribution < 1.29 is 23.7 Å². The first kappa shape index (κ1) is 19.3. The monoisotopic (exact) mass is 398 g/mol. The van der Waals surface area contributed by atoms with E-state index in [9.17, 15) is 14.4 Å². The number of hydrogen-bond donors (Lipinski definition) is 0. The van der Waals surface area contributed by atoms with Crippen molar-refractivity contribution >= 4 is 29.6 Å². The van der Waals surface area contributed by atoms with Gasteiger partial charge < -0.3 is 4.74 Å². The molecule has 152 valence electrons. The van der Waals surface area contributed by atoms with Gasteiger partial charge >= 0.3 is 17.8 Å². The van der Waals surface area contributed by atoms with E-state index in [1.807, 2.05) is 12.1 Å². The number of likely N-dealkylation sites (N-methyl/N-ethyl adjacent to an activating group) is 2. The number of ether oxygens (including phenoxy) is 1. The third-order valence-corrected chi connectivity index (χ3v) is 5.72. The lowest BCUT2D eigenvalue weighted by Crippen LogP contribution is -2.62. The molecule has 9 heteroatoms. The van der Waals surface area contributed by atoms with Gasteiger partial charge in [0.1, 0.15) is 6.54 Å². The summed E-state index contributed by atoms with van der Waals surface area (Å²) in [7, 11) is 4.34. The van der Waals surface area contributed by atoms with Crippen LogP contribution >= 0.6 is 0 Å². The number of urea groups is 1. The first-order valence-corrected chi connectivity index (χ1v) is 9.53. The second kappa shape index (κ2) is 7.40. The van der Waals surface area contributed by atoms with E-state index >= 15 is 0 Å². The van der Waals surface area contributed by atoms with E-state index in [1.54, 1.807) is 11.6 Å². The summed E-state index contributed by atoms with van der Waals surface area (Å²) in [5.41, 5.74) is 2.61. The highest BCUT2D eigenvalue weighted by Crippen LogP contribution is 2.22. The predicted molar refractivity (Wildman–Crippen MR) is 105 cm³/mol. The number of fused-ring (bicyclic) bond motifs is 2. The van der Waals surface area contributed by atoms with Crippen LogP contribution in [-0.2, 0) is 27.3 Å². The lowest BCUT2D eigenvalue weighted by atomic mass is 10.00. The number of carbonyl (C=O) groups is 3. The molecule has 4 rings (SSSR count). The van der Waals surface area contributed by atoms with Gasteiger partial charge in [-0.3, -0.25) is 19.5 Å². The maximum Gasteiger partial charge on any atom is 0.347 e. The van der Waals surface area contributed by atoms with Gasteiger partial charge in [-0.1, -0.05) is 24.3 Å². The SMILES string of the molecule is COC(=O)C[N+]1=C(CN2CCc3ccccc3C2)N=C2C1C(=O)N(C)C(=O)N2C. The number of nitrogens with zero attached hydrogens (tertiary/aromatic N) is 5. The third kappa shape index (κ3) is 3.31. The Morgan fingerprint density at radius 1 is 1.21 bits per heavy atom. The van der Waals surface area contributed by atoms with Gasteiger partial charge in [-0.25, -0.2) is 14.2 Å². The smallest absolute Gasteiger partial charge is 0.347 e. The minimum Gasteiger partial charge on any atom is -0.466 e. The summed E-state index contributed by atoms with van der Waals surface area (Å²) in [6.45, 7) is 1.99. The van der Waals surface area contributed by atoms with Gasteiger partial charge in [-0.05, 0) is 22.5 Å². The molecular formula is C20H24N5O4+. The van der Waals surface area contributed by atoms with Gasteiger partial charge in [0.05, 0.1) is 7.11 Å². The Balaban J connectivity index is 1.65. The summed E-state index contributed by atoms with van der Waals surface area (Å²) in [6, 6.07) is 7.10. The molecule has 9 nitrogen and oxygen atoms in total. The molecule has 0 radical (unpaired) electrons. The summed E-state index contributed by atoms with van der Waals surface area (Å²) in [5.74, 6) is 0.0974. The van der Waals surface area contributed by atoms with Crippen LogP contribution in [0.3, 0.4) is 0 Å². The molecule has 1 aromatic rings. The van der Waals surface area contributed by atoms with Crippen LogP contribution in [0.1, 0.15) is 11.1 Å². The van der Waals surface area contributed by atoms with E-state index in [1.165, 1.54) is 30.2 Å². The third-order valence-electron chi connectivity index (χ3n) is 5.72. The Bertz CT molecular complexity index is 954. The maximum atomic E-state index is 12.8. The van der Waals surface area contributed by atoms with Crippen LogP contribution in [0.5, 0.6) is 0 Å². The highest BCUT2D eigenvalue weighted by molar-refractivity contribution is 6.23. The molecule has 0 N–H and O–H groups in total. The summed E-state index contributed by atoms with van der Waals surface area (Å²) in [4.78, 5) is 46.5. The highest BCUT2D eigenvalue weighted by Gasteiger charge is 2.53. The van der Waals surface area contributed by atoms with E-state index in [2.05, 4.69) is 22.0 Å². The Kier molecular flexibility index (Phi) is 4.91. The van der Waals surface area contributed by atoms with Crippen LogP contribution in [0.2, 0.25) is 0 Å². The average Bonchev–Trinajstić information content (AvgIpc) is 3.08. The van der Waals surface area contributed by atoms with Crippen molar-refractivity contribution in [2.45, 2.75) is 19.0 Å². The number of rotatable bonds is 4. The number of amides is 3. The van der Waals surface area contributed by atoms with Crippen molar-refractivity contribution in [2.24, 2.45) is 4.99 Å². The summed E-state index contributed by atoms with van der Waals surface area (Å²) in [6.07, 6.45) is 0.931. The summed E-state index contributed by atoms with van der Waals surface area (Å²) < 4.78 is 6.48. The Morgan fingerprint density at radius 2 is 1.93 bits per heavy atom. The Hall–Kier alpha value is -3.07. The van der Waals surface area contributed by atoms with E-state index in [-0.39, 0.29) is 6.54 Å².